The minimum atomic E-state index is -0.399. The van der Waals surface area contributed by atoms with E-state index in [1.54, 1.807) is 0 Å². The predicted octanol–water partition coefficient (Wildman–Crippen LogP) is 2.62. The first-order valence-corrected chi connectivity index (χ1v) is 7.33. The van der Waals surface area contributed by atoms with Gasteiger partial charge in [-0.25, -0.2) is 0 Å². The molecule has 112 valence electrons. The third-order valence-corrected chi connectivity index (χ3v) is 4.15. The van der Waals surface area contributed by atoms with E-state index in [0.29, 0.717) is 0 Å². The van der Waals surface area contributed by atoms with Gasteiger partial charge in [0, 0.05) is 19.3 Å². The molecule has 0 aliphatic heterocycles. The fourth-order valence-electron chi connectivity index (χ4n) is 2.59. The van der Waals surface area contributed by atoms with Crippen LogP contribution in [0, 0.1) is 0 Å². The Morgan fingerprint density at radius 2 is 1.57 bits per heavy atom. The van der Waals surface area contributed by atoms with E-state index < -0.39 is 5.54 Å². The molecule has 1 unspecified atom stereocenters. The van der Waals surface area contributed by atoms with Crippen molar-refractivity contribution in [2.24, 2.45) is 0 Å². The molecule has 0 aliphatic rings. The zero-order valence-electron chi connectivity index (χ0n) is 12.8. The van der Waals surface area contributed by atoms with E-state index in [1.807, 2.05) is 43.4 Å². The molecule has 2 rings (SSSR count). The van der Waals surface area contributed by atoms with Gasteiger partial charge in [-0.3, -0.25) is 0 Å². The van der Waals surface area contributed by atoms with Crippen molar-refractivity contribution in [1.82, 2.24) is 5.32 Å². The van der Waals surface area contributed by atoms with E-state index in [9.17, 15) is 5.11 Å². The van der Waals surface area contributed by atoms with Crippen molar-refractivity contribution >= 4 is 5.69 Å². The maximum absolute atomic E-state index is 9.93. The number of nitrogens with one attached hydrogen (secondary N) is 1. The molecular formula is C18H24N2O. The maximum Gasteiger partial charge on any atom is 0.0683 e. The lowest BCUT2D eigenvalue weighted by atomic mass is 9.87. The Bertz CT molecular complexity index is 523. The largest absolute Gasteiger partial charge is 0.394 e. The molecule has 1 atom stereocenters. The number of rotatable bonds is 7. The molecule has 0 saturated heterocycles. The molecule has 0 fully saturated rings. The number of hydrogen-bond donors (Lipinski definition) is 2. The third kappa shape index (κ3) is 3.63. The third-order valence-electron chi connectivity index (χ3n) is 4.15. The van der Waals surface area contributed by atoms with Gasteiger partial charge in [0.1, 0.15) is 0 Å². The van der Waals surface area contributed by atoms with Crippen LogP contribution in [-0.4, -0.2) is 32.4 Å². The van der Waals surface area contributed by atoms with E-state index in [2.05, 4.69) is 41.5 Å². The Hall–Kier alpha value is -1.84. The Balaban J connectivity index is 2.11. The van der Waals surface area contributed by atoms with Crippen LogP contribution in [0.15, 0.2) is 60.7 Å². The molecule has 0 radical (unpaired) electrons. The fourth-order valence-corrected chi connectivity index (χ4v) is 2.59. The summed E-state index contributed by atoms with van der Waals surface area (Å²) in [6.07, 6.45) is 0.829. The Kier molecular flexibility index (Phi) is 5.37. The van der Waals surface area contributed by atoms with Gasteiger partial charge in [-0.05, 0) is 31.2 Å². The van der Waals surface area contributed by atoms with Gasteiger partial charge in [0.15, 0.2) is 0 Å². The summed E-state index contributed by atoms with van der Waals surface area (Å²) in [5.74, 6) is 0. The maximum atomic E-state index is 9.93. The summed E-state index contributed by atoms with van der Waals surface area (Å²) in [4.78, 5) is 2.21. The molecule has 3 heteroatoms. The van der Waals surface area contributed by atoms with Crippen molar-refractivity contribution in [3.8, 4) is 0 Å². The topological polar surface area (TPSA) is 35.5 Å². The van der Waals surface area contributed by atoms with Crippen molar-refractivity contribution in [2.75, 3.05) is 32.1 Å². The second-order valence-electron chi connectivity index (χ2n) is 5.36. The first kappa shape index (κ1) is 15.5. The first-order valence-electron chi connectivity index (χ1n) is 7.33. The molecule has 0 heterocycles. The summed E-state index contributed by atoms with van der Waals surface area (Å²) >= 11 is 0. The van der Waals surface area contributed by atoms with Crippen LogP contribution in [0.2, 0.25) is 0 Å². The molecule has 0 amide bonds. The average molecular weight is 284 g/mol. The van der Waals surface area contributed by atoms with E-state index >= 15 is 0 Å². The lowest BCUT2D eigenvalue weighted by Crippen LogP contribution is -2.45. The fraction of sp³-hybridized carbons (Fsp3) is 0.333. The molecule has 3 nitrogen and oxygen atoms in total. The first-order chi connectivity index (χ1) is 10.2. The number of aliphatic hydroxyl groups is 1. The monoisotopic (exact) mass is 284 g/mol. The van der Waals surface area contributed by atoms with Gasteiger partial charge < -0.3 is 15.3 Å². The van der Waals surface area contributed by atoms with Crippen LogP contribution < -0.4 is 10.2 Å². The quantitative estimate of drug-likeness (QED) is 0.820. The van der Waals surface area contributed by atoms with Crippen molar-refractivity contribution < 1.29 is 5.11 Å². The highest BCUT2D eigenvalue weighted by atomic mass is 16.3. The van der Waals surface area contributed by atoms with Crippen LogP contribution in [0.3, 0.4) is 0 Å². The molecule has 0 spiro atoms. The number of benzene rings is 2. The predicted molar refractivity (Wildman–Crippen MR) is 88.6 cm³/mol. The van der Waals surface area contributed by atoms with Gasteiger partial charge in [0.05, 0.1) is 12.1 Å². The number of likely N-dealkylation sites (N-methyl/N-ethyl adjacent to an activating group) is 1. The van der Waals surface area contributed by atoms with Gasteiger partial charge in [0.25, 0.3) is 0 Å². The summed E-state index contributed by atoms with van der Waals surface area (Å²) in [6, 6.07) is 20.5. The normalized spacial score (nSPS) is 13.7. The van der Waals surface area contributed by atoms with Gasteiger partial charge >= 0.3 is 0 Å². The highest BCUT2D eigenvalue weighted by molar-refractivity contribution is 5.45. The second-order valence-corrected chi connectivity index (χ2v) is 5.36. The summed E-state index contributed by atoms with van der Waals surface area (Å²) < 4.78 is 0. The molecule has 0 bridgehead atoms. The molecule has 21 heavy (non-hydrogen) atoms. The minimum absolute atomic E-state index is 0.0795. The summed E-state index contributed by atoms with van der Waals surface area (Å²) in [5, 5.41) is 13.2. The van der Waals surface area contributed by atoms with Gasteiger partial charge in [-0.1, -0.05) is 48.5 Å². The van der Waals surface area contributed by atoms with Gasteiger partial charge in [-0.2, -0.15) is 0 Å². The Morgan fingerprint density at radius 3 is 2.10 bits per heavy atom. The number of para-hydroxylation sites is 1. The van der Waals surface area contributed by atoms with Crippen LogP contribution in [0.4, 0.5) is 5.69 Å². The van der Waals surface area contributed by atoms with Crippen LogP contribution in [0.1, 0.15) is 12.0 Å². The van der Waals surface area contributed by atoms with Crippen molar-refractivity contribution in [1.29, 1.82) is 0 Å². The van der Waals surface area contributed by atoms with Gasteiger partial charge in [-0.15, -0.1) is 0 Å². The molecule has 0 aromatic heterocycles. The molecule has 2 aromatic rings. The average Bonchev–Trinajstić information content (AvgIpc) is 2.58. The smallest absolute Gasteiger partial charge is 0.0683 e. The number of anilines is 1. The highest BCUT2D eigenvalue weighted by Crippen LogP contribution is 2.25. The van der Waals surface area contributed by atoms with Crippen LogP contribution in [0.5, 0.6) is 0 Å². The zero-order chi connectivity index (χ0) is 15.1. The number of nitrogens with zero attached hydrogens (tertiary/aromatic N) is 1. The summed E-state index contributed by atoms with van der Waals surface area (Å²) in [7, 11) is 3.99. The minimum Gasteiger partial charge on any atom is -0.394 e. The van der Waals surface area contributed by atoms with E-state index in [0.717, 1.165) is 18.5 Å². The number of aliphatic hydroxyl groups excluding tert-OH is 1. The van der Waals surface area contributed by atoms with Crippen molar-refractivity contribution in [2.45, 2.75) is 12.0 Å². The van der Waals surface area contributed by atoms with E-state index in [1.165, 1.54) is 5.69 Å². The zero-order valence-corrected chi connectivity index (χ0v) is 12.8. The van der Waals surface area contributed by atoms with Gasteiger partial charge in [0.2, 0.25) is 0 Å². The summed E-state index contributed by atoms with van der Waals surface area (Å²) in [6.45, 7) is 0.941. The Labute approximate surface area is 127 Å². The van der Waals surface area contributed by atoms with Crippen molar-refractivity contribution in [3.63, 3.8) is 0 Å². The lowest BCUT2D eigenvalue weighted by Gasteiger charge is -2.34. The van der Waals surface area contributed by atoms with Crippen LogP contribution in [-0.2, 0) is 5.54 Å². The SMILES string of the molecule is CNC(CO)(CCN(C)c1ccccc1)c1ccccc1. The van der Waals surface area contributed by atoms with Crippen molar-refractivity contribution in [3.05, 3.63) is 66.2 Å². The molecular weight excluding hydrogens is 260 g/mol. The second kappa shape index (κ2) is 7.25. The van der Waals surface area contributed by atoms with Crippen LogP contribution in [0.25, 0.3) is 0 Å². The molecule has 0 saturated carbocycles. The number of hydrogen-bond acceptors (Lipinski definition) is 3. The lowest BCUT2D eigenvalue weighted by molar-refractivity contribution is 0.161. The molecule has 2 aromatic carbocycles. The highest BCUT2D eigenvalue weighted by Gasteiger charge is 2.29. The molecule has 2 N–H and O–H groups in total. The van der Waals surface area contributed by atoms with E-state index in [-0.39, 0.29) is 6.61 Å². The molecule has 0 aliphatic carbocycles. The summed E-state index contributed by atoms with van der Waals surface area (Å²) in [5.41, 5.74) is 1.91. The van der Waals surface area contributed by atoms with E-state index in [4.69, 9.17) is 0 Å². The Morgan fingerprint density at radius 1 is 1.00 bits per heavy atom. The standard InChI is InChI=1S/C18H24N2O/c1-19-18(15-21,16-9-5-3-6-10-16)13-14-20(2)17-11-7-4-8-12-17/h3-12,19,21H,13-15H2,1-2H3. The van der Waals surface area contributed by atoms with Crippen LogP contribution >= 0.6 is 0 Å².